The normalized spacial score (nSPS) is 18.1. The van der Waals surface area contributed by atoms with Gasteiger partial charge in [0.1, 0.15) is 12.3 Å². The number of esters is 1. The highest BCUT2D eigenvalue weighted by Crippen LogP contribution is 2.39. The van der Waals surface area contributed by atoms with E-state index in [0.29, 0.717) is 18.0 Å². The van der Waals surface area contributed by atoms with Gasteiger partial charge in [0.25, 0.3) is 5.91 Å². The highest BCUT2D eigenvalue weighted by Gasteiger charge is 2.42. The Bertz CT molecular complexity index is 1040. The first kappa shape index (κ1) is 20.7. The van der Waals surface area contributed by atoms with Gasteiger partial charge in [-0.15, -0.1) is 0 Å². The van der Waals surface area contributed by atoms with Crippen molar-refractivity contribution in [3.8, 4) is 5.75 Å². The lowest BCUT2D eigenvalue weighted by molar-refractivity contribution is -0.137. The van der Waals surface area contributed by atoms with Crippen molar-refractivity contribution in [2.45, 2.75) is 25.8 Å². The second-order valence-electron chi connectivity index (χ2n) is 7.44. The van der Waals surface area contributed by atoms with Crippen molar-refractivity contribution in [1.29, 1.82) is 0 Å². The summed E-state index contributed by atoms with van der Waals surface area (Å²) in [6.45, 7) is 2.16. The molecule has 2 aliphatic rings. The fraction of sp³-hybridized carbons (Fsp3) is 0.292. The molecule has 4 rings (SSSR count). The summed E-state index contributed by atoms with van der Waals surface area (Å²) in [7, 11) is 1.57. The molecule has 1 unspecified atom stereocenters. The van der Waals surface area contributed by atoms with Crippen molar-refractivity contribution >= 4 is 29.7 Å². The third-order valence-electron chi connectivity index (χ3n) is 5.61. The quantitative estimate of drug-likeness (QED) is 0.404. The first-order chi connectivity index (χ1) is 15.0. The van der Waals surface area contributed by atoms with Crippen LogP contribution in [0.25, 0.3) is 6.08 Å². The monoisotopic (exact) mass is 420 g/mol. The molecular formula is C24H24N2O5. The zero-order valence-electron chi connectivity index (χ0n) is 17.5. The number of imide groups is 1. The summed E-state index contributed by atoms with van der Waals surface area (Å²) < 4.78 is 10.1. The molecule has 7 nitrogen and oxygen atoms in total. The Morgan fingerprint density at radius 3 is 2.65 bits per heavy atom. The topological polar surface area (TPSA) is 76.2 Å². The number of nitrogens with zero attached hydrogens (tertiary/aromatic N) is 2. The van der Waals surface area contributed by atoms with Crippen LogP contribution < -0.4 is 9.64 Å². The predicted octanol–water partition coefficient (Wildman–Crippen LogP) is 3.73. The van der Waals surface area contributed by atoms with E-state index in [1.54, 1.807) is 49.3 Å². The summed E-state index contributed by atoms with van der Waals surface area (Å²) in [6.07, 6.45) is 4.70. The first-order valence-electron chi connectivity index (χ1n) is 10.3. The minimum atomic E-state index is -0.374. The van der Waals surface area contributed by atoms with Crippen LogP contribution in [0.4, 0.5) is 10.5 Å². The van der Waals surface area contributed by atoms with Gasteiger partial charge in [-0.05, 0) is 66.8 Å². The summed E-state index contributed by atoms with van der Waals surface area (Å²) in [5.41, 5.74) is 3.61. The lowest BCUT2D eigenvalue weighted by Gasteiger charge is -2.24. The number of aryl methyl sites for hydroxylation is 1. The number of ether oxygens (including phenoxy) is 2. The van der Waals surface area contributed by atoms with E-state index in [0.717, 1.165) is 29.5 Å². The maximum absolute atomic E-state index is 13.1. The van der Waals surface area contributed by atoms with E-state index < -0.39 is 0 Å². The molecule has 1 aliphatic carbocycles. The Kier molecular flexibility index (Phi) is 5.75. The highest BCUT2D eigenvalue weighted by atomic mass is 16.5. The van der Waals surface area contributed by atoms with E-state index in [1.807, 2.05) is 18.2 Å². The second-order valence-corrected chi connectivity index (χ2v) is 7.44. The molecule has 1 saturated heterocycles. The van der Waals surface area contributed by atoms with E-state index in [4.69, 9.17) is 9.47 Å². The molecule has 1 atom stereocenters. The standard InChI is InChI=1S/C24H24N2O5/c1-3-31-23(28)13-5-16-4-11-20-17(14-16)6-12-21(20)25-15-22(27)26(24(25)29)18-7-9-19(30-2)10-8-18/h4-5,7-11,13-14,21H,3,6,12,15H2,1-2H3/b13-5+. The van der Waals surface area contributed by atoms with Crippen LogP contribution in [0, 0.1) is 0 Å². The molecule has 0 N–H and O–H groups in total. The van der Waals surface area contributed by atoms with E-state index in [1.165, 1.54) is 11.0 Å². The number of fused-ring (bicyclic) bond motifs is 1. The highest BCUT2D eigenvalue weighted by molar-refractivity contribution is 6.20. The molecule has 1 heterocycles. The zero-order chi connectivity index (χ0) is 22.0. The van der Waals surface area contributed by atoms with Gasteiger partial charge in [-0.2, -0.15) is 0 Å². The van der Waals surface area contributed by atoms with Gasteiger partial charge in [0.15, 0.2) is 0 Å². The largest absolute Gasteiger partial charge is 0.497 e. The predicted molar refractivity (Wildman–Crippen MR) is 116 cm³/mol. The number of benzene rings is 2. The molecule has 3 amide bonds. The van der Waals surface area contributed by atoms with Crippen LogP contribution in [-0.4, -0.2) is 43.1 Å². The van der Waals surface area contributed by atoms with Crippen LogP contribution in [-0.2, 0) is 20.7 Å². The van der Waals surface area contributed by atoms with Crippen LogP contribution in [0.3, 0.4) is 0 Å². The third-order valence-corrected chi connectivity index (χ3v) is 5.61. The van der Waals surface area contributed by atoms with Gasteiger partial charge in [-0.1, -0.05) is 18.2 Å². The van der Waals surface area contributed by atoms with Crippen LogP contribution in [0.1, 0.15) is 36.1 Å². The second kappa shape index (κ2) is 8.63. The minimum absolute atomic E-state index is 0.0550. The number of hydrogen-bond acceptors (Lipinski definition) is 5. The molecule has 0 spiro atoms. The first-order valence-corrected chi connectivity index (χ1v) is 10.3. The fourth-order valence-electron chi connectivity index (χ4n) is 4.15. The maximum Gasteiger partial charge on any atom is 0.332 e. The van der Waals surface area contributed by atoms with E-state index in [2.05, 4.69) is 0 Å². The molecule has 0 bridgehead atoms. The molecule has 7 heteroatoms. The van der Waals surface area contributed by atoms with Crippen LogP contribution >= 0.6 is 0 Å². The lowest BCUT2D eigenvalue weighted by Crippen LogP contribution is -2.34. The molecular weight excluding hydrogens is 396 g/mol. The van der Waals surface area contributed by atoms with Crippen molar-refractivity contribution < 1.29 is 23.9 Å². The molecule has 1 fully saturated rings. The van der Waals surface area contributed by atoms with E-state index >= 15 is 0 Å². The fourth-order valence-corrected chi connectivity index (χ4v) is 4.15. The number of carbonyl (C=O) groups is 3. The third kappa shape index (κ3) is 4.03. The molecule has 160 valence electrons. The van der Waals surface area contributed by atoms with Crippen molar-refractivity contribution in [3.63, 3.8) is 0 Å². The van der Waals surface area contributed by atoms with Gasteiger partial charge in [-0.3, -0.25) is 4.79 Å². The summed E-state index contributed by atoms with van der Waals surface area (Å²) in [5, 5.41) is 0. The molecule has 0 radical (unpaired) electrons. The Morgan fingerprint density at radius 1 is 1.16 bits per heavy atom. The molecule has 31 heavy (non-hydrogen) atoms. The van der Waals surface area contributed by atoms with Gasteiger partial charge in [0.2, 0.25) is 0 Å². The van der Waals surface area contributed by atoms with Crippen molar-refractivity contribution in [3.05, 3.63) is 65.2 Å². The smallest absolute Gasteiger partial charge is 0.332 e. The van der Waals surface area contributed by atoms with Crippen molar-refractivity contribution in [2.75, 3.05) is 25.2 Å². The number of amides is 3. The van der Waals surface area contributed by atoms with Crippen LogP contribution in [0.5, 0.6) is 5.75 Å². The van der Waals surface area contributed by atoms with Gasteiger partial charge < -0.3 is 14.4 Å². The van der Waals surface area contributed by atoms with Gasteiger partial charge in [0.05, 0.1) is 25.4 Å². The molecule has 0 aromatic heterocycles. The number of methoxy groups -OCH3 is 1. The summed E-state index contributed by atoms with van der Waals surface area (Å²) in [4.78, 5) is 40.2. The van der Waals surface area contributed by atoms with Gasteiger partial charge >= 0.3 is 12.0 Å². The summed E-state index contributed by atoms with van der Waals surface area (Å²) in [6, 6.07) is 12.4. The lowest BCUT2D eigenvalue weighted by atomic mass is 10.0. The van der Waals surface area contributed by atoms with Crippen molar-refractivity contribution in [1.82, 2.24) is 4.90 Å². The minimum Gasteiger partial charge on any atom is -0.497 e. The SMILES string of the molecule is CCOC(=O)/C=C/c1ccc2c(c1)CCC2N1CC(=O)N(c2ccc(OC)cc2)C1=O. The zero-order valence-corrected chi connectivity index (χ0v) is 17.5. The van der Waals surface area contributed by atoms with E-state index in [9.17, 15) is 14.4 Å². The van der Waals surface area contributed by atoms with Gasteiger partial charge in [-0.25, -0.2) is 14.5 Å². The number of rotatable bonds is 6. The molecule has 2 aromatic carbocycles. The number of carbonyl (C=O) groups excluding carboxylic acids is 3. The summed E-state index contributed by atoms with van der Waals surface area (Å²) >= 11 is 0. The Hall–Kier alpha value is -3.61. The average Bonchev–Trinajstić information content (AvgIpc) is 3.32. The number of hydrogen-bond donors (Lipinski definition) is 0. The molecule has 0 saturated carbocycles. The maximum atomic E-state index is 13.1. The van der Waals surface area contributed by atoms with Crippen molar-refractivity contribution in [2.24, 2.45) is 0 Å². The summed E-state index contributed by atoms with van der Waals surface area (Å²) in [5.74, 6) is 0.0514. The van der Waals surface area contributed by atoms with E-state index in [-0.39, 0.29) is 30.5 Å². The Balaban J connectivity index is 1.52. The van der Waals surface area contributed by atoms with Gasteiger partial charge in [0, 0.05) is 6.08 Å². The number of anilines is 1. The average molecular weight is 420 g/mol. The Labute approximate surface area is 180 Å². The molecule has 2 aromatic rings. The molecule has 1 aliphatic heterocycles. The Morgan fingerprint density at radius 2 is 1.94 bits per heavy atom. The number of urea groups is 1. The van der Waals surface area contributed by atoms with Crippen LogP contribution in [0.2, 0.25) is 0 Å². The van der Waals surface area contributed by atoms with Crippen LogP contribution in [0.15, 0.2) is 48.5 Å².